The highest BCUT2D eigenvalue weighted by Crippen LogP contribution is 1.86. The van der Waals surface area contributed by atoms with Crippen LogP contribution >= 0.6 is 0 Å². The van der Waals surface area contributed by atoms with Crippen LogP contribution in [0, 0.1) is 0 Å². The largest absolute Gasteiger partial charge is 0.423 e. The minimum absolute atomic E-state index is 0. The Hall–Kier alpha value is 0.177. The summed E-state index contributed by atoms with van der Waals surface area (Å²) in [5.41, 5.74) is 0. The van der Waals surface area contributed by atoms with Gasteiger partial charge in [0.05, 0.1) is 0 Å². The highest BCUT2D eigenvalue weighted by atomic mass is 28.3. The lowest BCUT2D eigenvalue weighted by molar-refractivity contribution is 0.425. The van der Waals surface area contributed by atoms with E-state index in [4.69, 9.17) is 4.43 Å². The maximum absolute atomic E-state index is 5.04. The molecule has 0 spiro atoms. The first-order valence-corrected chi connectivity index (χ1v) is 4.78. The average Bonchev–Trinajstić information content (AvgIpc) is 1.65. The maximum Gasteiger partial charge on any atom is 0.173 e. The van der Waals surface area contributed by atoms with E-state index in [1.807, 2.05) is 0 Å². The van der Waals surface area contributed by atoms with Crippen LogP contribution in [-0.2, 0) is 4.43 Å². The Balaban J connectivity index is -0.000000125. The lowest BCUT2D eigenvalue weighted by Crippen LogP contribution is -2.06. The van der Waals surface area contributed by atoms with E-state index in [2.05, 4.69) is 13.5 Å². The minimum atomic E-state index is -0.660. The predicted molar refractivity (Wildman–Crippen MR) is 44.0 cm³/mol. The molecule has 1 nitrogen and oxygen atoms in total. The highest BCUT2D eigenvalue weighted by Gasteiger charge is 1.92. The van der Waals surface area contributed by atoms with Crippen molar-refractivity contribution in [3.05, 3.63) is 0 Å². The standard InChI is InChI=1S/C4H12OSi.2CH4/c1-4-6(3)5-2;;/h6H,4H2,1-3H3;2*1H4. The molecule has 1 atom stereocenters. The summed E-state index contributed by atoms with van der Waals surface area (Å²) in [6.45, 7) is 4.36. The Kier molecular flexibility index (Phi) is 20.1. The van der Waals surface area contributed by atoms with Crippen LogP contribution in [0.5, 0.6) is 0 Å². The Labute approximate surface area is 55.8 Å². The van der Waals surface area contributed by atoms with E-state index in [1.165, 1.54) is 6.04 Å². The molecule has 0 heterocycles. The first-order chi connectivity index (χ1) is 2.81. The van der Waals surface area contributed by atoms with Crippen LogP contribution in [0.15, 0.2) is 0 Å². The molecule has 0 bridgehead atoms. The summed E-state index contributed by atoms with van der Waals surface area (Å²) in [6, 6.07) is 1.25. The molecule has 0 aromatic rings. The average molecular weight is 136 g/mol. The molecule has 0 amide bonds. The van der Waals surface area contributed by atoms with Crippen LogP contribution in [0.2, 0.25) is 12.6 Å². The van der Waals surface area contributed by atoms with Crippen molar-refractivity contribution in [2.24, 2.45) is 0 Å². The van der Waals surface area contributed by atoms with Gasteiger partial charge in [-0.1, -0.05) is 21.8 Å². The third-order valence-corrected chi connectivity index (χ3v) is 2.93. The number of hydrogen-bond donors (Lipinski definition) is 0. The smallest absolute Gasteiger partial charge is 0.173 e. The summed E-state index contributed by atoms with van der Waals surface area (Å²) in [4.78, 5) is 0. The van der Waals surface area contributed by atoms with Gasteiger partial charge in [0.15, 0.2) is 9.04 Å². The normalized spacial score (nSPS) is 10.9. The van der Waals surface area contributed by atoms with E-state index < -0.39 is 9.04 Å². The van der Waals surface area contributed by atoms with Crippen molar-refractivity contribution in [2.75, 3.05) is 7.11 Å². The Morgan fingerprint density at radius 1 is 1.38 bits per heavy atom. The van der Waals surface area contributed by atoms with Crippen molar-refractivity contribution in [2.45, 2.75) is 34.4 Å². The SMILES string of the molecule is C.C.CC[SiH](C)OC. The zero-order valence-electron chi connectivity index (χ0n) is 4.69. The van der Waals surface area contributed by atoms with Crippen molar-refractivity contribution in [3.63, 3.8) is 0 Å². The molecule has 54 valence electrons. The molecule has 0 N–H and O–H groups in total. The zero-order chi connectivity index (χ0) is 4.99. The van der Waals surface area contributed by atoms with E-state index in [0.717, 1.165) is 0 Å². The van der Waals surface area contributed by atoms with Crippen LogP contribution in [0.25, 0.3) is 0 Å². The van der Waals surface area contributed by atoms with E-state index in [9.17, 15) is 0 Å². The summed E-state index contributed by atoms with van der Waals surface area (Å²) >= 11 is 0. The summed E-state index contributed by atoms with van der Waals surface area (Å²) in [5.74, 6) is 0. The van der Waals surface area contributed by atoms with E-state index in [0.29, 0.717) is 0 Å². The van der Waals surface area contributed by atoms with Gasteiger partial charge >= 0.3 is 0 Å². The van der Waals surface area contributed by atoms with Crippen LogP contribution in [0.3, 0.4) is 0 Å². The van der Waals surface area contributed by atoms with Gasteiger partial charge in [-0.05, 0) is 12.6 Å². The third-order valence-electron chi connectivity index (χ3n) is 0.977. The quantitative estimate of drug-likeness (QED) is 0.529. The topological polar surface area (TPSA) is 9.23 Å². The van der Waals surface area contributed by atoms with Crippen LogP contribution in [0.1, 0.15) is 21.8 Å². The minimum Gasteiger partial charge on any atom is -0.423 e. The van der Waals surface area contributed by atoms with Gasteiger partial charge < -0.3 is 4.43 Å². The zero-order valence-corrected chi connectivity index (χ0v) is 5.85. The van der Waals surface area contributed by atoms with Crippen molar-refractivity contribution < 1.29 is 4.43 Å². The number of rotatable bonds is 2. The van der Waals surface area contributed by atoms with E-state index in [1.54, 1.807) is 7.11 Å². The first-order valence-electron chi connectivity index (χ1n) is 2.34. The fourth-order valence-electron chi connectivity index (χ4n) is 0.167. The van der Waals surface area contributed by atoms with Gasteiger partial charge in [0.1, 0.15) is 0 Å². The van der Waals surface area contributed by atoms with Crippen LogP contribution < -0.4 is 0 Å². The van der Waals surface area contributed by atoms with Crippen LogP contribution in [-0.4, -0.2) is 16.2 Å². The van der Waals surface area contributed by atoms with Crippen molar-refractivity contribution in [3.8, 4) is 0 Å². The second-order valence-corrected chi connectivity index (χ2v) is 4.36. The lowest BCUT2D eigenvalue weighted by Gasteiger charge is -1.98. The molecule has 0 aromatic heterocycles. The number of hydrogen-bond acceptors (Lipinski definition) is 1. The Morgan fingerprint density at radius 3 is 1.75 bits per heavy atom. The van der Waals surface area contributed by atoms with Gasteiger partial charge in [-0.3, -0.25) is 0 Å². The molecule has 1 unspecified atom stereocenters. The van der Waals surface area contributed by atoms with Gasteiger partial charge in [0.2, 0.25) is 0 Å². The molecule has 0 aliphatic rings. The van der Waals surface area contributed by atoms with Gasteiger partial charge in [-0.15, -0.1) is 0 Å². The molecule has 0 saturated heterocycles. The van der Waals surface area contributed by atoms with E-state index in [-0.39, 0.29) is 14.9 Å². The van der Waals surface area contributed by atoms with Crippen molar-refractivity contribution >= 4 is 9.04 Å². The van der Waals surface area contributed by atoms with Crippen molar-refractivity contribution in [1.82, 2.24) is 0 Å². The third kappa shape index (κ3) is 9.49. The molecule has 0 aliphatic carbocycles. The van der Waals surface area contributed by atoms with E-state index >= 15 is 0 Å². The highest BCUT2D eigenvalue weighted by molar-refractivity contribution is 6.49. The summed E-state index contributed by atoms with van der Waals surface area (Å²) in [5, 5.41) is 0. The van der Waals surface area contributed by atoms with Crippen LogP contribution in [0.4, 0.5) is 0 Å². The van der Waals surface area contributed by atoms with Gasteiger partial charge in [-0.2, -0.15) is 0 Å². The summed E-state index contributed by atoms with van der Waals surface area (Å²) in [6.07, 6.45) is 0. The van der Waals surface area contributed by atoms with Gasteiger partial charge in [0.25, 0.3) is 0 Å². The first kappa shape index (κ1) is 15.7. The molecule has 0 fully saturated rings. The van der Waals surface area contributed by atoms with Gasteiger partial charge in [0, 0.05) is 7.11 Å². The molecule has 0 aliphatic heterocycles. The summed E-state index contributed by atoms with van der Waals surface area (Å²) in [7, 11) is 1.13. The lowest BCUT2D eigenvalue weighted by atomic mass is 11.0. The molecule has 0 rings (SSSR count). The predicted octanol–water partition coefficient (Wildman–Crippen LogP) is 2.28. The molecular weight excluding hydrogens is 116 g/mol. The Bertz CT molecular complexity index is 27.7. The monoisotopic (exact) mass is 136 g/mol. The molecule has 0 aromatic carbocycles. The maximum atomic E-state index is 5.04. The second kappa shape index (κ2) is 10.2. The Morgan fingerprint density at radius 2 is 1.75 bits per heavy atom. The molecule has 0 saturated carbocycles. The fourth-order valence-corrected chi connectivity index (χ4v) is 0.500. The molecule has 2 heteroatoms. The summed E-state index contributed by atoms with van der Waals surface area (Å²) < 4.78 is 5.04. The fraction of sp³-hybridized carbons (Fsp3) is 1.00. The van der Waals surface area contributed by atoms with Gasteiger partial charge in [-0.25, -0.2) is 0 Å². The molecule has 0 radical (unpaired) electrons. The molecular formula is C6H20OSi. The molecule has 8 heavy (non-hydrogen) atoms. The second-order valence-electron chi connectivity index (χ2n) is 1.45. The van der Waals surface area contributed by atoms with Crippen molar-refractivity contribution in [1.29, 1.82) is 0 Å².